The highest BCUT2D eigenvalue weighted by molar-refractivity contribution is 7.09. The highest BCUT2D eigenvalue weighted by atomic mass is 32.1. The van der Waals surface area contributed by atoms with Crippen LogP contribution in [0.3, 0.4) is 0 Å². The molecular weight excluding hydrogens is 228 g/mol. The van der Waals surface area contributed by atoms with Gasteiger partial charge in [-0.25, -0.2) is 4.98 Å². The summed E-state index contributed by atoms with van der Waals surface area (Å²) in [4.78, 5) is 5.66. The molecule has 0 aliphatic rings. The molecule has 2 nitrogen and oxygen atoms in total. The number of aryl methyl sites for hydroxylation is 2. The second-order valence-corrected chi connectivity index (χ2v) is 5.09. The van der Waals surface area contributed by atoms with Crippen molar-refractivity contribution < 1.29 is 0 Å². The van der Waals surface area contributed by atoms with Crippen LogP contribution in [0.5, 0.6) is 0 Å². The molecule has 0 radical (unpaired) electrons. The minimum absolute atomic E-state index is 0.271. The Morgan fingerprint density at radius 3 is 2.76 bits per heavy atom. The van der Waals surface area contributed by atoms with Crippen LogP contribution in [-0.4, -0.2) is 11.5 Å². The van der Waals surface area contributed by atoms with Gasteiger partial charge in [0.05, 0.1) is 17.2 Å². The van der Waals surface area contributed by atoms with E-state index in [0.29, 0.717) is 0 Å². The molecule has 0 bridgehead atoms. The molecule has 0 amide bonds. The Kier molecular flexibility index (Phi) is 3.92. The van der Waals surface area contributed by atoms with E-state index in [-0.39, 0.29) is 6.04 Å². The Labute approximate surface area is 107 Å². The van der Waals surface area contributed by atoms with Crippen molar-refractivity contribution in [2.75, 3.05) is 6.54 Å². The lowest BCUT2D eigenvalue weighted by molar-refractivity contribution is 0.635. The van der Waals surface area contributed by atoms with E-state index in [0.717, 1.165) is 12.2 Å². The number of aromatic nitrogens is 1. The molecule has 1 aromatic carbocycles. The first-order valence-corrected chi connectivity index (χ1v) is 6.80. The first-order chi connectivity index (χ1) is 8.22. The molecule has 3 heteroatoms. The molecule has 17 heavy (non-hydrogen) atoms. The first-order valence-electron chi connectivity index (χ1n) is 5.92. The summed E-state index contributed by atoms with van der Waals surface area (Å²) in [7, 11) is 0. The van der Waals surface area contributed by atoms with E-state index >= 15 is 0 Å². The summed E-state index contributed by atoms with van der Waals surface area (Å²) < 4.78 is 0. The Hall–Kier alpha value is -1.19. The molecule has 0 saturated heterocycles. The molecular formula is C14H18N2S. The molecule has 1 aromatic heterocycles. The average molecular weight is 246 g/mol. The van der Waals surface area contributed by atoms with Crippen molar-refractivity contribution in [3.8, 4) is 0 Å². The van der Waals surface area contributed by atoms with Gasteiger partial charge in [-0.05, 0) is 26.0 Å². The van der Waals surface area contributed by atoms with Crippen molar-refractivity contribution in [1.29, 1.82) is 0 Å². The van der Waals surface area contributed by atoms with E-state index in [1.54, 1.807) is 11.3 Å². The second-order valence-electron chi connectivity index (χ2n) is 4.21. The van der Waals surface area contributed by atoms with E-state index in [2.05, 4.69) is 55.3 Å². The van der Waals surface area contributed by atoms with Crippen molar-refractivity contribution >= 4 is 11.3 Å². The van der Waals surface area contributed by atoms with Crippen LogP contribution in [0.25, 0.3) is 0 Å². The molecule has 1 unspecified atom stereocenters. The summed E-state index contributed by atoms with van der Waals surface area (Å²) in [5.41, 5.74) is 5.67. The molecule has 0 aliphatic carbocycles. The van der Waals surface area contributed by atoms with Crippen LogP contribution in [0.1, 0.15) is 34.7 Å². The predicted octanol–water partition coefficient (Wildman–Crippen LogP) is 3.46. The minimum atomic E-state index is 0.271. The van der Waals surface area contributed by atoms with Gasteiger partial charge in [0.25, 0.3) is 0 Å². The van der Waals surface area contributed by atoms with E-state index in [9.17, 15) is 0 Å². The van der Waals surface area contributed by atoms with Crippen LogP contribution in [0.4, 0.5) is 0 Å². The molecule has 0 saturated carbocycles. The van der Waals surface area contributed by atoms with Crippen LogP contribution in [0, 0.1) is 13.8 Å². The van der Waals surface area contributed by atoms with Crippen molar-refractivity contribution in [1.82, 2.24) is 10.3 Å². The Bertz CT molecular complexity index is 490. The monoisotopic (exact) mass is 246 g/mol. The molecule has 1 heterocycles. The smallest absolute Gasteiger partial charge is 0.0798 e. The van der Waals surface area contributed by atoms with Crippen molar-refractivity contribution in [3.63, 3.8) is 0 Å². The van der Waals surface area contributed by atoms with Crippen LogP contribution in [-0.2, 0) is 0 Å². The van der Waals surface area contributed by atoms with E-state index in [1.165, 1.54) is 16.0 Å². The highest BCUT2D eigenvalue weighted by Gasteiger charge is 2.17. The fourth-order valence-electron chi connectivity index (χ4n) is 2.00. The maximum atomic E-state index is 4.35. The molecule has 90 valence electrons. The van der Waals surface area contributed by atoms with Gasteiger partial charge >= 0.3 is 0 Å². The zero-order chi connectivity index (χ0) is 12.3. The number of benzene rings is 1. The first kappa shape index (κ1) is 12.3. The number of rotatable bonds is 4. The van der Waals surface area contributed by atoms with E-state index in [1.807, 2.05) is 5.51 Å². The van der Waals surface area contributed by atoms with Crippen molar-refractivity contribution in [2.24, 2.45) is 0 Å². The lowest BCUT2D eigenvalue weighted by Gasteiger charge is -2.18. The fourth-order valence-corrected chi connectivity index (χ4v) is 2.91. The third kappa shape index (κ3) is 2.73. The van der Waals surface area contributed by atoms with Gasteiger partial charge in [-0.15, -0.1) is 11.3 Å². The van der Waals surface area contributed by atoms with E-state index in [4.69, 9.17) is 0 Å². The summed E-state index contributed by atoms with van der Waals surface area (Å²) in [6.07, 6.45) is 0. The lowest BCUT2D eigenvalue weighted by atomic mass is 10.0. The summed E-state index contributed by atoms with van der Waals surface area (Å²) in [5, 5.41) is 3.54. The molecule has 1 atom stereocenters. The summed E-state index contributed by atoms with van der Waals surface area (Å²) in [6.45, 7) is 7.30. The number of thiazole rings is 1. The highest BCUT2D eigenvalue weighted by Crippen LogP contribution is 2.28. The van der Waals surface area contributed by atoms with Crippen molar-refractivity contribution in [3.05, 3.63) is 51.5 Å². The normalized spacial score (nSPS) is 12.6. The van der Waals surface area contributed by atoms with Gasteiger partial charge in [0.15, 0.2) is 0 Å². The number of hydrogen-bond acceptors (Lipinski definition) is 3. The van der Waals surface area contributed by atoms with Gasteiger partial charge in [0, 0.05) is 4.88 Å². The molecule has 2 rings (SSSR count). The van der Waals surface area contributed by atoms with Gasteiger partial charge in [0.1, 0.15) is 0 Å². The van der Waals surface area contributed by atoms with Crippen LogP contribution < -0.4 is 5.32 Å². The van der Waals surface area contributed by atoms with Crippen molar-refractivity contribution in [2.45, 2.75) is 26.8 Å². The number of nitrogens with zero attached hydrogens (tertiary/aromatic N) is 1. The lowest BCUT2D eigenvalue weighted by Crippen LogP contribution is -2.21. The molecule has 1 N–H and O–H groups in total. The topological polar surface area (TPSA) is 24.9 Å². The third-order valence-corrected chi connectivity index (χ3v) is 3.82. The van der Waals surface area contributed by atoms with Gasteiger partial charge < -0.3 is 5.32 Å². The number of hydrogen-bond donors (Lipinski definition) is 1. The fraction of sp³-hybridized carbons (Fsp3) is 0.357. The van der Waals surface area contributed by atoms with Crippen LogP contribution in [0.2, 0.25) is 0 Å². The minimum Gasteiger partial charge on any atom is -0.306 e. The van der Waals surface area contributed by atoms with Gasteiger partial charge in [0.2, 0.25) is 0 Å². The summed E-state index contributed by atoms with van der Waals surface area (Å²) in [6, 6.07) is 8.94. The summed E-state index contributed by atoms with van der Waals surface area (Å²) >= 11 is 1.72. The summed E-state index contributed by atoms with van der Waals surface area (Å²) in [5.74, 6) is 0. The zero-order valence-electron chi connectivity index (χ0n) is 10.5. The van der Waals surface area contributed by atoms with Crippen LogP contribution in [0.15, 0.2) is 29.8 Å². The molecule has 0 aliphatic heterocycles. The Morgan fingerprint density at radius 1 is 1.35 bits per heavy atom. The average Bonchev–Trinajstić information content (AvgIpc) is 2.72. The molecule has 0 fully saturated rings. The quantitative estimate of drug-likeness (QED) is 0.893. The standard InChI is InChI=1S/C14H18N2S/c1-4-15-13(14-11(3)16-9-17-14)12-7-5-6-10(2)8-12/h5-9,13,15H,4H2,1-3H3. The largest absolute Gasteiger partial charge is 0.306 e. The maximum Gasteiger partial charge on any atom is 0.0798 e. The van der Waals surface area contributed by atoms with Crippen LogP contribution >= 0.6 is 11.3 Å². The SMILES string of the molecule is CCNC(c1cccc(C)c1)c1scnc1C. The Balaban J connectivity index is 2.39. The molecule has 2 aromatic rings. The maximum absolute atomic E-state index is 4.35. The van der Waals surface area contributed by atoms with Gasteiger partial charge in [-0.1, -0.05) is 36.8 Å². The third-order valence-electron chi connectivity index (χ3n) is 2.83. The van der Waals surface area contributed by atoms with E-state index < -0.39 is 0 Å². The predicted molar refractivity (Wildman–Crippen MR) is 73.5 cm³/mol. The van der Waals surface area contributed by atoms with Gasteiger partial charge in [-0.3, -0.25) is 0 Å². The second kappa shape index (κ2) is 5.43. The Morgan fingerprint density at radius 2 is 2.18 bits per heavy atom. The van der Waals surface area contributed by atoms with Gasteiger partial charge in [-0.2, -0.15) is 0 Å². The molecule has 0 spiro atoms. The number of nitrogens with one attached hydrogen (secondary N) is 1. The zero-order valence-corrected chi connectivity index (χ0v) is 11.3.